The summed E-state index contributed by atoms with van der Waals surface area (Å²) >= 11 is 0. The molecule has 2 aromatic carbocycles. The van der Waals surface area contributed by atoms with Crippen LogP contribution in [0.3, 0.4) is 0 Å². The lowest BCUT2D eigenvalue weighted by molar-refractivity contribution is 0.957. The summed E-state index contributed by atoms with van der Waals surface area (Å²) in [6, 6.07) is 17.4. The summed E-state index contributed by atoms with van der Waals surface area (Å²) in [4.78, 5) is 0. The molecular formula is C17H22. The van der Waals surface area contributed by atoms with Crippen LogP contribution in [0.1, 0.15) is 45.2 Å². The molecule has 0 aliphatic heterocycles. The topological polar surface area (TPSA) is 0 Å². The number of rotatable bonds is 0. The van der Waals surface area contributed by atoms with Gasteiger partial charge in [-0.05, 0) is 22.3 Å². The molecule has 0 unspecified atom stereocenters. The van der Waals surface area contributed by atoms with Gasteiger partial charge in [0.1, 0.15) is 0 Å². The molecule has 1 aliphatic rings. The fraction of sp³-hybridized carbons (Fsp3) is 0.294. The van der Waals surface area contributed by atoms with E-state index in [0.717, 1.165) is 0 Å². The van der Waals surface area contributed by atoms with Crippen molar-refractivity contribution >= 4 is 0 Å². The molecule has 90 valence electrons. The first-order valence-corrected chi connectivity index (χ1v) is 6.06. The molecule has 1 aliphatic carbocycles. The van der Waals surface area contributed by atoms with E-state index in [1.54, 1.807) is 0 Å². The van der Waals surface area contributed by atoms with E-state index in [1.165, 1.54) is 22.3 Å². The Balaban J connectivity index is 0.000000459. The van der Waals surface area contributed by atoms with Crippen molar-refractivity contribution in [1.29, 1.82) is 0 Å². The Morgan fingerprint density at radius 3 is 1.47 bits per heavy atom. The lowest BCUT2D eigenvalue weighted by atomic mass is 10.00. The van der Waals surface area contributed by atoms with Crippen LogP contribution in [0, 0.1) is 0 Å². The highest BCUT2D eigenvalue weighted by Crippen LogP contribution is 2.43. The summed E-state index contributed by atoms with van der Waals surface area (Å²) in [7, 11) is 0. The molecule has 2 aromatic rings. The number of fused-ring (bicyclic) bond motifs is 3. The van der Waals surface area contributed by atoms with Gasteiger partial charge in [-0.15, -0.1) is 0 Å². The Morgan fingerprint density at radius 1 is 0.706 bits per heavy atom. The zero-order chi connectivity index (χ0) is 11.5. The average Bonchev–Trinajstić information content (AvgIpc) is 2.67. The molecule has 0 fully saturated rings. The quantitative estimate of drug-likeness (QED) is 0.558. The van der Waals surface area contributed by atoms with Crippen molar-refractivity contribution in [2.75, 3.05) is 0 Å². The molecule has 3 rings (SSSR count). The second kappa shape index (κ2) is 5.67. The predicted molar refractivity (Wildman–Crippen MR) is 77.5 cm³/mol. The lowest BCUT2D eigenvalue weighted by Gasteiger charge is -2.04. The molecule has 0 saturated carbocycles. The minimum atomic E-state index is 0. The van der Waals surface area contributed by atoms with Gasteiger partial charge in [0.2, 0.25) is 0 Å². The molecular weight excluding hydrogens is 204 g/mol. The standard InChI is InChI=1S/C14H12.C2H6.CH4/c1-10-11-6-2-4-8-13(11)14-9-5-3-7-12(10)14;1-2;/h2-10H,1H3;1-2H3;1H4. The molecule has 0 nitrogen and oxygen atoms in total. The largest absolute Gasteiger partial charge is 0.0776 e. The van der Waals surface area contributed by atoms with Crippen LogP contribution < -0.4 is 0 Å². The van der Waals surface area contributed by atoms with Crippen molar-refractivity contribution in [3.8, 4) is 11.1 Å². The highest BCUT2D eigenvalue weighted by molar-refractivity contribution is 5.78. The fourth-order valence-electron chi connectivity index (χ4n) is 2.41. The van der Waals surface area contributed by atoms with Gasteiger partial charge in [0.25, 0.3) is 0 Å². The normalized spacial score (nSPS) is 11.7. The Kier molecular flexibility index (Phi) is 4.51. The van der Waals surface area contributed by atoms with Gasteiger partial charge in [0.15, 0.2) is 0 Å². The molecule has 0 atom stereocenters. The van der Waals surface area contributed by atoms with Crippen molar-refractivity contribution in [3.63, 3.8) is 0 Å². The average molecular weight is 226 g/mol. The van der Waals surface area contributed by atoms with Gasteiger partial charge in [-0.2, -0.15) is 0 Å². The minimum Gasteiger partial charge on any atom is -0.0776 e. The Labute approximate surface area is 105 Å². The van der Waals surface area contributed by atoms with Gasteiger partial charge in [0, 0.05) is 5.92 Å². The smallest absolute Gasteiger partial charge is 0.00733 e. The molecule has 0 heteroatoms. The van der Waals surface area contributed by atoms with Crippen LogP contribution in [0.5, 0.6) is 0 Å². The van der Waals surface area contributed by atoms with E-state index in [0.29, 0.717) is 5.92 Å². The van der Waals surface area contributed by atoms with E-state index in [4.69, 9.17) is 0 Å². The molecule has 0 amide bonds. The number of hydrogen-bond donors (Lipinski definition) is 0. The van der Waals surface area contributed by atoms with Crippen LogP contribution in [0.4, 0.5) is 0 Å². The maximum atomic E-state index is 2.28. The molecule has 0 radical (unpaired) electrons. The van der Waals surface area contributed by atoms with E-state index in [-0.39, 0.29) is 7.43 Å². The van der Waals surface area contributed by atoms with Crippen LogP contribution in [0.25, 0.3) is 11.1 Å². The first-order valence-electron chi connectivity index (χ1n) is 6.06. The summed E-state index contributed by atoms with van der Waals surface area (Å²) in [5, 5.41) is 0. The minimum absolute atomic E-state index is 0. The van der Waals surface area contributed by atoms with Crippen molar-refractivity contribution in [2.45, 2.75) is 34.1 Å². The van der Waals surface area contributed by atoms with Gasteiger partial charge in [-0.1, -0.05) is 76.7 Å². The highest BCUT2D eigenvalue weighted by atomic mass is 14.3. The SMILES string of the molecule is C.CC.CC1c2ccccc2-c2ccccc21. The van der Waals surface area contributed by atoms with E-state index < -0.39 is 0 Å². The monoisotopic (exact) mass is 226 g/mol. The van der Waals surface area contributed by atoms with Crippen LogP contribution in [-0.2, 0) is 0 Å². The second-order valence-corrected chi connectivity index (χ2v) is 3.90. The molecule has 0 spiro atoms. The summed E-state index contributed by atoms with van der Waals surface area (Å²) in [6.07, 6.45) is 0. The van der Waals surface area contributed by atoms with E-state index in [1.807, 2.05) is 13.8 Å². The van der Waals surface area contributed by atoms with Gasteiger partial charge in [-0.25, -0.2) is 0 Å². The third kappa shape index (κ3) is 2.12. The van der Waals surface area contributed by atoms with Gasteiger partial charge < -0.3 is 0 Å². The third-order valence-electron chi connectivity index (χ3n) is 3.14. The van der Waals surface area contributed by atoms with Crippen molar-refractivity contribution in [3.05, 3.63) is 59.7 Å². The zero-order valence-electron chi connectivity index (χ0n) is 10.2. The van der Waals surface area contributed by atoms with E-state index in [9.17, 15) is 0 Å². The molecule has 0 saturated heterocycles. The van der Waals surface area contributed by atoms with E-state index in [2.05, 4.69) is 55.5 Å². The molecule has 0 bridgehead atoms. The molecule has 0 N–H and O–H groups in total. The lowest BCUT2D eigenvalue weighted by Crippen LogP contribution is -1.87. The maximum Gasteiger partial charge on any atom is 0.00733 e. The number of hydrogen-bond acceptors (Lipinski definition) is 0. The predicted octanol–water partition coefficient (Wildman–Crippen LogP) is 5.48. The number of benzene rings is 2. The van der Waals surface area contributed by atoms with E-state index >= 15 is 0 Å². The summed E-state index contributed by atoms with van der Waals surface area (Å²) in [6.45, 7) is 6.28. The van der Waals surface area contributed by atoms with Crippen LogP contribution in [-0.4, -0.2) is 0 Å². The summed E-state index contributed by atoms with van der Waals surface area (Å²) < 4.78 is 0. The molecule has 0 heterocycles. The Bertz CT molecular complexity index is 437. The second-order valence-electron chi connectivity index (χ2n) is 3.90. The van der Waals surface area contributed by atoms with Crippen molar-refractivity contribution < 1.29 is 0 Å². The summed E-state index contributed by atoms with van der Waals surface area (Å²) in [5.74, 6) is 0.558. The molecule has 17 heavy (non-hydrogen) atoms. The zero-order valence-corrected chi connectivity index (χ0v) is 10.2. The van der Waals surface area contributed by atoms with Crippen molar-refractivity contribution in [1.82, 2.24) is 0 Å². The van der Waals surface area contributed by atoms with Crippen LogP contribution >= 0.6 is 0 Å². The van der Waals surface area contributed by atoms with Gasteiger partial charge in [-0.3, -0.25) is 0 Å². The summed E-state index contributed by atoms with van der Waals surface area (Å²) in [5.41, 5.74) is 5.76. The first kappa shape index (κ1) is 13.5. The fourth-order valence-corrected chi connectivity index (χ4v) is 2.41. The Hall–Kier alpha value is -1.56. The first-order chi connectivity index (χ1) is 7.88. The van der Waals surface area contributed by atoms with Gasteiger partial charge >= 0.3 is 0 Å². The van der Waals surface area contributed by atoms with Crippen LogP contribution in [0.15, 0.2) is 48.5 Å². The highest BCUT2D eigenvalue weighted by Gasteiger charge is 2.23. The maximum absolute atomic E-state index is 2.28. The van der Waals surface area contributed by atoms with Crippen molar-refractivity contribution in [2.24, 2.45) is 0 Å². The van der Waals surface area contributed by atoms with Gasteiger partial charge in [0.05, 0.1) is 0 Å². The Morgan fingerprint density at radius 2 is 1.06 bits per heavy atom. The third-order valence-corrected chi connectivity index (χ3v) is 3.14. The van der Waals surface area contributed by atoms with Crippen LogP contribution in [0.2, 0.25) is 0 Å². The molecule has 0 aromatic heterocycles.